The van der Waals surface area contributed by atoms with Crippen molar-refractivity contribution in [2.45, 2.75) is 24.7 Å². The van der Waals surface area contributed by atoms with E-state index in [0.717, 1.165) is 0 Å². The van der Waals surface area contributed by atoms with Crippen LogP contribution in [-0.4, -0.2) is 24.7 Å². The van der Waals surface area contributed by atoms with Gasteiger partial charge in [-0.25, -0.2) is 22.0 Å². The van der Waals surface area contributed by atoms with Crippen molar-refractivity contribution in [2.75, 3.05) is 0 Å². The van der Waals surface area contributed by atoms with Crippen molar-refractivity contribution in [1.82, 2.24) is 0 Å². The lowest BCUT2D eigenvalue weighted by Gasteiger charge is -2.18. The van der Waals surface area contributed by atoms with Crippen molar-refractivity contribution in [3.05, 3.63) is 11.7 Å². The molecule has 0 saturated heterocycles. The van der Waals surface area contributed by atoms with Gasteiger partial charge in [0.15, 0.2) is 5.83 Å². The van der Waals surface area contributed by atoms with Gasteiger partial charge in [-0.15, -0.1) is 0 Å². The topological polar surface area (TPSA) is 0 Å². The van der Waals surface area contributed by atoms with Crippen LogP contribution in [0.4, 0.5) is 43.9 Å². The minimum absolute atomic E-state index is 3.47. The van der Waals surface area contributed by atoms with Gasteiger partial charge >= 0.3 is 12.1 Å². The summed E-state index contributed by atoms with van der Waals surface area (Å²) < 4.78 is 117. The van der Waals surface area contributed by atoms with E-state index in [1.165, 1.54) is 0 Å². The van der Waals surface area contributed by atoms with E-state index in [4.69, 9.17) is 0 Å². The summed E-state index contributed by atoms with van der Waals surface area (Å²) >= 11 is 0. The summed E-state index contributed by atoms with van der Waals surface area (Å²) in [5.41, 5.74) is 0. The SMILES string of the molecule is FC(=C(F)C(F)(F)C(F)(F)F)C(F)C(F)F. The molecule has 96 valence electrons. The smallest absolute Gasteiger partial charge is 0.233 e. The standard InChI is InChI=1S/C6H2F10/c7-1(2(8)4(10)11)3(9)5(12,13)6(14,15)16/h2,4H. The van der Waals surface area contributed by atoms with Gasteiger partial charge in [0.1, 0.15) is 0 Å². The van der Waals surface area contributed by atoms with Gasteiger partial charge in [0.05, 0.1) is 0 Å². The molecule has 0 aliphatic rings. The van der Waals surface area contributed by atoms with E-state index in [1.807, 2.05) is 0 Å². The molecule has 0 aliphatic heterocycles. The molecule has 0 rings (SSSR count). The monoisotopic (exact) mass is 264 g/mol. The minimum atomic E-state index is -6.55. The van der Waals surface area contributed by atoms with Crippen molar-refractivity contribution in [2.24, 2.45) is 0 Å². The van der Waals surface area contributed by atoms with Crippen LogP contribution in [0, 0.1) is 0 Å². The van der Waals surface area contributed by atoms with Gasteiger partial charge in [-0.05, 0) is 0 Å². The zero-order valence-corrected chi connectivity index (χ0v) is 6.93. The molecule has 0 spiro atoms. The summed E-state index contributed by atoms with van der Waals surface area (Å²) in [5, 5.41) is 0. The van der Waals surface area contributed by atoms with Crippen LogP contribution in [0.25, 0.3) is 0 Å². The Bertz CT molecular complexity index is 274. The molecule has 0 radical (unpaired) electrons. The average molecular weight is 264 g/mol. The Morgan fingerprint density at radius 2 is 1.19 bits per heavy atom. The van der Waals surface area contributed by atoms with Crippen LogP contribution in [0.2, 0.25) is 0 Å². The van der Waals surface area contributed by atoms with Gasteiger partial charge in [-0.1, -0.05) is 0 Å². The highest BCUT2D eigenvalue weighted by molar-refractivity contribution is 5.16. The number of alkyl halides is 8. The summed E-state index contributed by atoms with van der Waals surface area (Å²) in [4.78, 5) is 0. The van der Waals surface area contributed by atoms with E-state index < -0.39 is 36.3 Å². The van der Waals surface area contributed by atoms with Crippen LogP contribution in [-0.2, 0) is 0 Å². The van der Waals surface area contributed by atoms with Crippen LogP contribution in [0.1, 0.15) is 0 Å². The third-order valence-corrected chi connectivity index (χ3v) is 1.30. The van der Waals surface area contributed by atoms with Crippen molar-refractivity contribution < 1.29 is 43.9 Å². The maximum absolute atomic E-state index is 12.1. The van der Waals surface area contributed by atoms with Crippen molar-refractivity contribution >= 4 is 0 Å². The highest BCUT2D eigenvalue weighted by Gasteiger charge is 2.63. The summed E-state index contributed by atoms with van der Waals surface area (Å²) in [6, 6.07) is 0. The fraction of sp³-hybridized carbons (Fsp3) is 0.667. The predicted molar refractivity (Wildman–Crippen MR) is 31.1 cm³/mol. The first-order valence-electron chi connectivity index (χ1n) is 3.35. The van der Waals surface area contributed by atoms with Crippen LogP contribution >= 0.6 is 0 Å². The largest absolute Gasteiger partial charge is 0.460 e. The second kappa shape index (κ2) is 4.50. The Labute approximate surface area is 81.5 Å². The first kappa shape index (κ1) is 15.0. The van der Waals surface area contributed by atoms with Gasteiger partial charge in [0.25, 0.3) is 6.43 Å². The van der Waals surface area contributed by atoms with Crippen LogP contribution in [0.3, 0.4) is 0 Å². The molecular formula is C6H2F10. The van der Waals surface area contributed by atoms with E-state index in [-0.39, 0.29) is 0 Å². The first-order valence-corrected chi connectivity index (χ1v) is 3.35. The number of halogens is 10. The highest BCUT2D eigenvalue weighted by Crippen LogP contribution is 2.44. The molecule has 0 aromatic heterocycles. The van der Waals surface area contributed by atoms with Gasteiger partial charge in [-0.2, -0.15) is 22.0 Å². The van der Waals surface area contributed by atoms with E-state index >= 15 is 0 Å². The molecule has 0 bridgehead atoms. The predicted octanol–water partition coefficient (Wildman–Crippen LogP) is 3.94. The Morgan fingerprint density at radius 1 is 0.812 bits per heavy atom. The molecule has 0 aromatic carbocycles. The summed E-state index contributed by atoms with van der Waals surface area (Å²) in [5.74, 6) is -13.7. The molecule has 0 amide bonds. The van der Waals surface area contributed by atoms with Gasteiger partial charge in [0, 0.05) is 0 Å². The molecule has 0 nitrogen and oxygen atoms in total. The lowest BCUT2D eigenvalue weighted by atomic mass is 10.2. The van der Waals surface area contributed by atoms with Crippen LogP contribution in [0.15, 0.2) is 11.7 Å². The minimum Gasteiger partial charge on any atom is -0.233 e. The van der Waals surface area contributed by atoms with Crippen molar-refractivity contribution in [3.63, 3.8) is 0 Å². The Morgan fingerprint density at radius 3 is 1.44 bits per heavy atom. The number of allylic oxidation sites excluding steroid dienone is 2. The average Bonchev–Trinajstić information content (AvgIpc) is 2.12. The number of hydrogen-bond acceptors (Lipinski definition) is 0. The molecular weight excluding hydrogens is 262 g/mol. The summed E-state index contributed by atoms with van der Waals surface area (Å²) in [6.07, 6.45) is -15.0. The fourth-order valence-electron chi connectivity index (χ4n) is 0.506. The second-order valence-corrected chi connectivity index (χ2v) is 2.47. The molecule has 0 saturated carbocycles. The first-order chi connectivity index (χ1) is 6.93. The fourth-order valence-corrected chi connectivity index (χ4v) is 0.506. The van der Waals surface area contributed by atoms with E-state index in [2.05, 4.69) is 0 Å². The molecule has 0 aromatic rings. The Balaban J connectivity index is 5.32. The van der Waals surface area contributed by atoms with E-state index in [1.54, 1.807) is 0 Å². The van der Waals surface area contributed by atoms with Crippen LogP contribution in [0.5, 0.6) is 0 Å². The Kier molecular flexibility index (Phi) is 4.23. The second-order valence-electron chi connectivity index (χ2n) is 2.47. The molecule has 0 heterocycles. The normalized spacial score (nSPS) is 17.4. The molecule has 10 heteroatoms. The maximum Gasteiger partial charge on any atom is 0.460 e. The Hall–Kier alpha value is -0.960. The number of rotatable bonds is 3. The third kappa shape index (κ3) is 2.79. The molecule has 0 N–H and O–H groups in total. The maximum atomic E-state index is 12.1. The van der Waals surface area contributed by atoms with Gasteiger partial charge in [-0.3, -0.25) is 0 Å². The van der Waals surface area contributed by atoms with E-state index in [0.29, 0.717) is 0 Å². The summed E-state index contributed by atoms with van der Waals surface area (Å²) in [6.45, 7) is 0. The lowest BCUT2D eigenvalue weighted by molar-refractivity contribution is -0.271. The molecule has 16 heavy (non-hydrogen) atoms. The van der Waals surface area contributed by atoms with Crippen molar-refractivity contribution in [1.29, 1.82) is 0 Å². The van der Waals surface area contributed by atoms with Crippen LogP contribution < -0.4 is 0 Å². The number of hydrogen-bond donors (Lipinski definition) is 0. The molecule has 0 aliphatic carbocycles. The quantitative estimate of drug-likeness (QED) is 0.677. The zero-order chi connectivity index (χ0) is 13.3. The lowest BCUT2D eigenvalue weighted by Crippen LogP contribution is -2.38. The van der Waals surface area contributed by atoms with E-state index in [9.17, 15) is 43.9 Å². The highest BCUT2D eigenvalue weighted by atomic mass is 19.4. The molecule has 0 fully saturated rings. The van der Waals surface area contributed by atoms with Crippen molar-refractivity contribution in [3.8, 4) is 0 Å². The zero-order valence-electron chi connectivity index (χ0n) is 6.93. The molecule has 1 unspecified atom stereocenters. The summed E-state index contributed by atoms with van der Waals surface area (Å²) in [7, 11) is 0. The van der Waals surface area contributed by atoms with Gasteiger partial charge < -0.3 is 0 Å². The third-order valence-electron chi connectivity index (χ3n) is 1.30. The van der Waals surface area contributed by atoms with Gasteiger partial charge in [0.2, 0.25) is 12.0 Å². The molecule has 1 atom stereocenters.